The molecule has 106 valence electrons. The van der Waals surface area contributed by atoms with E-state index in [0.717, 1.165) is 0 Å². The van der Waals surface area contributed by atoms with Gasteiger partial charge in [-0.15, -0.1) is 0 Å². The zero-order valence-corrected chi connectivity index (χ0v) is 11.4. The quantitative estimate of drug-likeness (QED) is 0.704. The van der Waals surface area contributed by atoms with Crippen LogP contribution in [0.15, 0.2) is 24.3 Å². The van der Waals surface area contributed by atoms with E-state index in [1.54, 1.807) is 14.0 Å². The van der Waals surface area contributed by atoms with Crippen molar-refractivity contribution in [2.24, 2.45) is 5.73 Å². The van der Waals surface area contributed by atoms with Crippen molar-refractivity contribution in [1.29, 1.82) is 0 Å². The van der Waals surface area contributed by atoms with Crippen LogP contribution < -0.4 is 15.2 Å². The summed E-state index contributed by atoms with van der Waals surface area (Å²) in [5.41, 5.74) is 4.63. The molecule has 0 amide bonds. The van der Waals surface area contributed by atoms with Crippen LogP contribution in [0.5, 0.6) is 11.5 Å². The van der Waals surface area contributed by atoms with Gasteiger partial charge in [-0.2, -0.15) is 0 Å². The van der Waals surface area contributed by atoms with E-state index in [-0.39, 0.29) is 0 Å². The number of carboxylic acid groups (broad SMARTS) is 1. The molecule has 5 heteroatoms. The molecular weight excluding hydrogens is 246 g/mol. The highest BCUT2D eigenvalue weighted by Crippen LogP contribution is 2.26. The predicted octanol–water partition coefficient (Wildman–Crippen LogP) is 2.05. The molecular formula is C14H21NO4. The van der Waals surface area contributed by atoms with Crippen molar-refractivity contribution in [2.45, 2.75) is 31.7 Å². The Hall–Kier alpha value is -1.75. The molecule has 1 atom stereocenters. The van der Waals surface area contributed by atoms with Crippen molar-refractivity contribution < 1.29 is 19.4 Å². The standard InChI is InChI=1S/C14H21NO4/c1-3-14(15,13(16)17)9-6-10-19-12-8-5-4-7-11(12)18-2/h4-5,7-8H,3,6,9-10,15H2,1-2H3,(H,16,17). The molecule has 1 aromatic carbocycles. The average Bonchev–Trinajstić information content (AvgIpc) is 2.43. The SMILES string of the molecule is CCC(N)(CCCOc1ccccc1OC)C(=O)O. The third kappa shape index (κ3) is 4.13. The van der Waals surface area contributed by atoms with Gasteiger partial charge < -0.3 is 20.3 Å². The van der Waals surface area contributed by atoms with Crippen molar-refractivity contribution >= 4 is 5.97 Å². The van der Waals surface area contributed by atoms with Crippen molar-refractivity contribution in [3.8, 4) is 11.5 Å². The normalized spacial score (nSPS) is 13.6. The molecule has 0 fully saturated rings. The lowest BCUT2D eigenvalue weighted by Gasteiger charge is -2.22. The maximum atomic E-state index is 11.0. The van der Waals surface area contributed by atoms with Gasteiger partial charge in [-0.1, -0.05) is 19.1 Å². The highest BCUT2D eigenvalue weighted by atomic mass is 16.5. The summed E-state index contributed by atoms with van der Waals surface area (Å²) >= 11 is 0. The first kappa shape index (κ1) is 15.3. The second kappa shape index (κ2) is 6.99. The van der Waals surface area contributed by atoms with Gasteiger partial charge in [-0.3, -0.25) is 4.79 Å². The van der Waals surface area contributed by atoms with Crippen LogP contribution in [-0.4, -0.2) is 30.3 Å². The van der Waals surface area contributed by atoms with Crippen molar-refractivity contribution in [3.05, 3.63) is 24.3 Å². The molecule has 0 saturated heterocycles. The molecule has 0 spiro atoms. The van der Waals surface area contributed by atoms with Crippen molar-refractivity contribution in [3.63, 3.8) is 0 Å². The third-order valence-electron chi connectivity index (χ3n) is 3.15. The number of rotatable bonds is 8. The lowest BCUT2D eigenvalue weighted by atomic mass is 9.92. The van der Waals surface area contributed by atoms with Crippen molar-refractivity contribution in [2.75, 3.05) is 13.7 Å². The van der Waals surface area contributed by atoms with Crippen LogP contribution in [0.4, 0.5) is 0 Å². The molecule has 0 aliphatic heterocycles. The number of ether oxygens (including phenoxy) is 2. The van der Waals surface area contributed by atoms with Gasteiger partial charge in [0.1, 0.15) is 5.54 Å². The molecule has 1 rings (SSSR count). The molecule has 19 heavy (non-hydrogen) atoms. The lowest BCUT2D eigenvalue weighted by molar-refractivity contribution is -0.143. The number of hydrogen-bond acceptors (Lipinski definition) is 4. The van der Waals surface area contributed by atoms with Gasteiger partial charge in [0.25, 0.3) is 0 Å². The third-order valence-corrected chi connectivity index (χ3v) is 3.15. The number of carbonyl (C=O) groups is 1. The Labute approximate surface area is 113 Å². The summed E-state index contributed by atoms with van der Waals surface area (Å²) in [6.07, 6.45) is 1.36. The number of methoxy groups -OCH3 is 1. The van der Waals surface area contributed by atoms with E-state index < -0.39 is 11.5 Å². The monoisotopic (exact) mass is 267 g/mol. The molecule has 1 unspecified atom stereocenters. The van der Waals surface area contributed by atoms with E-state index in [1.165, 1.54) is 0 Å². The molecule has 0 aromatic heterocycles. The molecule has 0 saturated carbocycles. The molecule has 0 bridgehead atoms. The number of carboxylic acids is 1. The molecule has 0 aliphatic rings. The fraction of sp³-hybridized carbons (Fsp3) is 0.500. The molecule has 0 radical (unpaired) electrons. The Kier molecular flexibility index (Phi) is 5.63. The largest absolute Gasteiger partial charge is 0.493 e. The van der Waals surface area contributed by atoms with Gasteiger partial charge in [-0.05, 0) is 31.4 Å². The minimum absolute atomic E-state index is 0.383. The summed E-state index contributed by atoms with van der Waals surface area (Å²) in [6.45, 7) is 2.18. The maximum Gasteiger partial charge on any atom is 0.323 e. The van der Waals surface area contributed by atoms with Crippen LogP contribution >= 0.6 is 0 Å². The van der Waals surface area contributed by atoms with E-state index in [2.05, 4.69) is 0 Å². The van der Waals surface area contributed by atoms with Gasteiger partial charge in [-0.25, -0.2) is 0 Å². The number of para-hydroxylation sites is 2. The van der Waals surface area contributed by atoms with E-state index in [9.17, 15) is 4.79 Å². The highest BCUT2D eigenvalue weighted by Gasteiger charge is 2.31. The zero-order valence-electron chi connectivity index (χ0n) is 11.4. The van der Waals surface area contributed by atoms with E-state index in [1.807, 2.05) is 24.3 Å². The van der Waals surface area contributed by atoms with Crippen LogP contribution in [0, 0.1) is 0 Å². The summed E-state index contributed by atoms with van der Waals surface area (Å²) in [5.74, 6) is 0.349. The average molecular weight is 267 g/mol. The minimum atomic E-state index is -1.16. The summed E-state index contributed by atoms with van der Waals surface area (Å²) in [7, 11) is 1.58. The Balaban J connectivity index is 2.45. The smallest absolute Gasteiger partial charge is 0.323 e. The van der Waals surface area contributed by atoms with Crippen LogP contribution in [0.2, 0.25) is 0 Å². The lowest BCUT2D eigenvalue weighted by Crippen LogP contribution is -2.47. The second-order valence-electron chi connectivity index (χ2n) is 4.42. The molecule has 1 aromatic rings. The molecule has 0 heterocycles. The Morgan fingerprint density at radius 3 is 2.53 bits per heavy atom. The van der Waals surface area contributed by atoms with E-state index in [4.69, 9.17) is 20.3 Å². The van der Waals surface area contributed by atoms with Gasteiger partial charge in [0.05, 0.1) is 13.7 Å². The maximum absolute atomic E-state index is 11.0. The predicted molar refractivity (Wildman–Crippen MR) is 72.6 cm³/mol. The first-order chi connectivity index (χ1) is 9.03. The molecule has 0 aliphatic carbocycles. The number of benzene rings is 1. The second-order valence-corrected chi connectivity index (χ2v) is 4.42. The van der Waals surface area contributed by atoms with Crippen LogP contribution in [0.1, 0.15) is 26.2 Å². The topological polar surface area (TPSA) is 81.8 Å². The molecule has 3 N–H and O–H groups in total. The Bertz CT molecular complexity index is 422. The van der Waals surface area contributed by atoms with E-state index >= 15 is 0 Å². The Morgan fingerprint density at radius 2 is 2.00 bits per heavy atom. The van der Waals surface area contributed by atoms with Crippen LogP contribution in [-0.2, 0) is 4.79 Å². The zero-order chi connectivity index (χ0) is 14.3. The van der Waals surface area contributed by atoms with Gasteiger partial charge in [0.2, 0.25) is 0 Å². The minimum Gasteiger partial charge on any atom is -0.493 e. The number of hydrogen-bond donors (Lipinski definition) is 2. The number of aliphatic carboxylic acids is 1. The first-order valence-corrected chi connectivity index (χ1v) is 6.31. The van der Waals surface area contributed by atoms with Gasteiger partial charge in [0.15, 0.2) is 11.5 Å². The first-order valence-electron chi connectivity index (χ1n) is 6.31. The fourth-order valence-electron chi connectivity index (χ4n) is 1.74. The van der Waals surface area contributed by atoms with Crippen LogP contribution in [0.25, 0.3) is 0 Å². The summed E-state index contributed by atoms with van der Waals surface area (Å²) in [6, 6.07) is 7.34. The fourth-order valence-corrected chi connectivity index (χ4v) is 1.74. The van der Waals surface area contributed by atoms with Crippen LogP contribution in [0.3, 0.4) is 0 Å². The van der Waals surface area contributed by atoms with Crippen molar-refractivity contribution in [1.82, 2.24) is 0 Å². The van der Waals surface area contributed by atoms with Gasteiger partial charge >= 0.3 is 5.97 Å². The summed E-state index contributed by atoms with van der Waals surface area (Å²) in [5, 5.41) is 9.05. The number of nitrogens with two attached hydrogens (primary N) is 1. The Morgan fingerprint density at radius 1 is 1.37 bits per heavy atom. The summed E-state index contributed by atoms with van der Waals surface area (Å²) < 4.78 is 10.7. The van der Waals surface area contributed by atoms with E-state index in [0.29, 0.717) is 37.4 Å². The van der Waals surface area contributed by atoms with Gasteiger partial charge in [0, 0.05) is 0 Å². The molecule has 5 nitrogen and oxygen atoms in total. The highest BCUT2D eigenvalue weighted by molar-refractivity contribution is 5.78. The summed E-state index contributed by atoms with van der Waals surface area (Å²) in [4.78, 5) is 11.0.